The number of hydrogen-bond donors (Lipinski definition) is 1. The first-order valence-electron chi connectivity index (χ1n) is 11.9. The van der Waals surface area contributed by atoms with Crippen molar-refractivity contribution < 1.29 is 9.59 Å². The van der Waals surface area contributed by atoms with Crippen molar-refractivity contribution in [3.8, 4) is 5.69 Å². The lowest BCUT2D eigenvalue weighted by Gasteiger charge is -2.26. The van der Waals surface area contributed by atoms with Gasteiger partial charge in [0, 0.05) is 24.4 Å². The van der Waals surface area contributed by atoms with Crippen LogP contribution in [0.4, 0.5) is 5.82 Å². The minimum Gasteiger partial charge on any atom is -0.334 e. The van der Waals surface area contributed by atoms with Crippen LogP contribution < -0.4 is 5.32 Å². The fourth-order valence-electron chi connectivity index (χ4n) is 4.00. The summed E-state index contributed by atoms with van der Waals surface area (Å²) in [4.78, 5) is 27.4. The van der Waals surface area contributed by atoms with Gasteiger partial charge in [0.15, 0.2) is 0 Å². The summed E-state index contributed by atoms with van der Waals surface area (Å²) in [5, 5.41) is 7.76. The monoisotopic (exact) mass is 454 g/mol. The first-order chi connectivity index (χ1) is 15.2. The number of likely N-dealkylation sites (N-methyl/N-ethyl adjacent to an activating group) is 1. The Morgan fingerprint density at radius 1 is 1.09 bits per heavy atom. The zero-order valence-electron chi connectivity index (χ0n) is 22.0. The molecule has 2 aromatic rings. The number of nitrogens with zero attached hydrogens (tertiary/aromatic N) is 3. The lowest BCUT2D eigenvalue weighted by molar-refractivity contribution is -0.135. The summed E-state index contributed by atoms with van der Waals surface area (Å²) < 4.78 is 1.77. The summed E-state index contributed by atoms with van der Waals surface area (Å²) >= 11 is 0. The summed E-state index contributed by atoms with van der Waals surface area (Å²) in [5.41, 5.74) is 2.94. The Kier molecular flexibility index (Phi) is 8.50. The summed E-state index contributed by atoms with van der Waals surface area (Å²) in [5.74, 6) is 0.680. The van der Waals surface area contributed by atoms with Gasteiger partial charge in [-0.1, -0.05) is 66.2 Å². The van der Waals surface area contributed by atoms with Crippen molar-refractivity contribution in [2.75, 3.05) is 18.4 Å². The number of nitrogens with one attached hydrogen (secondary N) is 1. The molecule has 0 spiro atoms. The van der Waals surface area contributed by atoms with Gasteiger partial charge in [0.05, 0.1) is 17.9 Å². The Labute approximate surface area is 199 Å². The Morgan fingerprint density at radius 2 is 1.70 bits per heavy atom. The maximum atomic E-state index is 13.0. The number of carbonyl (C=O) groups excluding carboxylic acids is 2. The molecule has 1 atom stereocenters. The average molecular weight is 455 g/mol. The van der Waals surface area contributed by atoms with Gasteiger partial charge in [-0.25, -0.2) is 4.68 Å². The van der Waals surface area contributed by atoms with E-state index in [-0.39, 0.29) is 35.1 Å². The molecule has 1 unspecified atom stereocenters. The number of anilines is 1. The topological polar surface area (TPSA) is 67.2 Å². The second-order valence-electron chi connectivity index (χ2n) is 11.4. The van der Waals surface area contributed by atoms with E-state index >= 15 is 0 Å². The van der Waals surface area contributed by atoms with E-state index in [9.17, 15) is 9.59 Å². The van der Waals surface area contributed by atoms with Crippen molar-refractivity contribution in [3.63, 3.8) is 0 Å². The third-order valence-electron chi connectivity index (χ3n) is 5.58. The number of amides is 2. The van der Waals surface area contributed by atoms with Gasteiger partial charge in [-0.05, 0) is 43.7 Å². The van der Waals surface area contributed by atoms with Crippen LogP contribution in [0.3, 0.4) is 0 Å². The predicted molar refractivity (Wildman–Crippen MR) is 136 cm³/mol. The van der Waals surface area contributed by atoms with Crippen LogP contribution in [-0.2, 0) is 15.0 Å². The van der Waals surface area contributed by atoms with Gasteiger partial charge in [0.25, 0.3) is 0 Å². The predicted octanol–water partition coefficient (Wildman–Crippen LogP) is 5.73. The number of aryl methyl sites for hydroxylation is 1. The van der Waals surface area contributed by atoms with Crippen LogP contribution in [0.15, 0.2) is 30.3 Å². The van der Waals surface area contributed by atoms with Gasteiger partial charge < -0.3 is 10.2 Å². The molecule has 0 radical (unpaired) electrons. The quantitative estimate of drug-likeness (QED) is 0.554. The van der Waals surface area contributed by atoms with Gasteiger partial charge >= 0.3 is 0 Å². The maximum absolute atomic E-state index is 13.0. The molecule has 2 amide bonds. The van der Waals surface area contributed by atoms with E-state index in [1.807, 2.05) is 44.2 Å². The van der Waals surface area contributed by atoms with Crippen molar-refractivity contribution in [2.24, 2.45) is 11.3 Å². The molecule has 6 heteroatoms. The molecule has 0 aliphatic rings. The third kappa shape index (κ3) is 8.02. The largest absolute Gasteiger partial charge is 0.334 e. The van der Waals surface area contributed by atoms with Crippen LogP contribution >= 0.6 is 0 Å². The molecule has 182 valence electrons. The first kappa shape index (κ1) is 26.6. The number of aromatic nitrogens is 2. The smallest absolute Gasteiger partial charge is 0.245 e. The summed E-state index contributed by atoms with van der Waals surface area (Å²) in [6.45, 7) is 19.4. The van der Waals surface area contributed by atoms with Crippen LogP contribution in [0.1, 0.15) is 79.5 Å². The number of benzene rings is 1. The highest BCUT2D eigenvalue weighted by Gasteiger charge is 2.24. The van der Waals surface area contributed by atoms with Crippen molar-refractivity contribution in [3.05, 3.63) is 41.6 Å². The molecule has 2 rings (SSSR count). The van der Waals surface area contributed by atoms with E-state index in [2.05, 4.69) is 53.8 Å². The van der Waals surface area contributed by atoms with Gasteiger partial charge in [-0.3, -0.25) is 9.59 Å². The average Bonchev–Trinajstić information content (AvgIpc) is 3.09. The zero-order chi connectivity index (χ0) is 25.0. The molecule has 1 aromatic heterocycles. The molecule has 0 fully saturated rings. The summed E-state index contributed by atoms with van der Waals surface area (Å²) in [6.07, 6.45) is 1.42. The molecule has 33 heavy (non-hydrogen) atoms. The molecule has 6 nitrogen and oxygen atoms in total. The van der Waals surface area contributed by atoms with E-state index in [1.54, 1.807) is 9.58 Å². The van der Waals surface area contributed by atoms with Crippen molar-refractivity contribution in [1.29, 1.82) is 0 Å². The van der Waals surface area contributed by atoms with Crippen LogP contribution in [0.5, 0.6) is 0 Å². The van der Waals surface area contributed by atoms with Crippen molar-refractivity contribution in [1.82, 2.24) is 14.7 Å². The van der Waals surface area contributed by atoms with Crippen LogP contribution in [0, 0.1) is 18.3 Å². The minimum absolute atomic E-state index is 0.0202. The number of carbonyl (C=O) groups is 2. The van der Waals surface area contributed by atoms with E-state index in [4.69, 9.17) is 5.10 Å². The normalized spacial score (nSPS) is 13.0. The first-order valence-corrected chi connectivity index (χ1v) is 11.9. The van der Waals surface area contributed by atoms with Crippen LogP contribution in [0.25, 0.3) is 5.69 Å². The third-order valence-corrected chi connectivity index (χ3v) is 5.58. The lowest BCUT2D eigenvalue weighted by atomic mass is 9.84. The Balaban J connectivity index is 2.17. The minimum atomic E-state index is -0.220. The molecule has 1 heterocycles. The van der Waals surface area contributed by atoms with E-state index in [0.717, 1.165) is 23.4 Å². The van der Waals surface area contributed by atoms with Crippen molar-refractivity contribution in [2.45, 2.75) is 80.6 Å². The Morgan fingerprint density at radius 3 is 2.21 bits per heavy atom. The fourth-order valence-corrected chi connectivity index (χ4v) is 4.00. The Hall–Kier alpha value is -2.63. The second kappa shape index (κ2) is 10.5. The molecule has 0 saturated heterocycles. The SMILES string of the molecule is CCN(CC(=O)Nc1cc(C(C)(C)C)nn1-c1ccc(C)cc1)C(=O)CC(C)CC(C)(C)C. The lowest BCUT2D eigenvalue weighted by Crippen LogP contribution is -2.38. The van der Waals surface area contributed by atoms with Gasteiger partial charge in [-0.2, -0.15) is 5.10 Å². The van der Waals surface area contributed by atoms with Crippen LogP contribution in [0.2, 0.25) is 0 Å². The van der Waals surface area contributed by atoms with Gasteiger partial charge in [-0.15, -0.1) is 0 Å². The van der Waals surface area contributed by atoms with E-state index in [0.29, 0.717) is 18.8 Å². The van der Waals surface area contributed by atoms with E-state index in [1.165, 1.54) is 0 Å². The van der Waals surface area contributed by atoms with Gasteiger partial charge in [0.2, 0.25) is 11.8 Å². The summed E-state index contributed by atoms with van der Waals surface area (Å²) in [6, 6.07) is 9.94. The number of rotatable bonds is 8. The van der Waals surface area contributed by atoms with Crippen molar-refractivity contribution >= 4 is 17.6 Å². The maximum Gasteiger partial charge on any atom is 0.245 e. The highest BCUT2D eigenvalue weighted by Crippen LogP contribution is 2.27. The van der Waals surface area contributed by atoms with Crippen LogP contribution in [-0.4, -0.2) is 39.6 Å². The zero-order valence-corrected chi connectivity index (χ0v) is 22.0. The fraction of sp³-hybridized carbons (Fsp3) is 0.593. The Bertz CT molecular complexity index is 946. The number of hydrogen-bond acceptors (Lipinski definition) is 3. The molecular formula is C27H42N4O2. The van der Waals surface area contributed by atoms with Gasteiger partial charge in [0.1, 0.15) is 5.82 Å². The summed E-state index contributed by atoms with van der Waals surface area (Å²) in [7, 11) is 0. The molecular weight excluding hydrogens is 412 g/mol. The standard InChI is InChI=1S/C27H42N4O2/c1-10-30(25(33)15-20(3)17-26(4,5)6)18-24(32)28-23-16-22(27(7,8)9)29-31(23)21-13-11-19(2)12-14-21/h11-14,16,20H,10,15,17-18H2,1-9H3,(H,28,32). The molecule has 0 aliphatic carbocycles. The molecule has 1 N–H and O–H groups in total. The molecule has 0 bridgehead atoms. The highest BCUT2D eigenvalue weighted by atomic mass is 16.2. The second-order valence-corrected chi connectivity index (χ2v) is 11.4. The highest BCUT2D eigenvalue weighted by molar-refractivity contribution is 5.94. The molecule has 0 saturated carbocycles. The van der Waals surface area contributed by atoms with E-state index < -0.39 is 0 Å². The molecule has 1 aromatic carbocycles. The molecule has 0 aliphatic heterocycles.